The second-order valence-electron chi connectivity index (χ2n) is 4.28. The zero-order chi connectivity index (χ0) is 16.5. The van der Waals surface area contributed by atoms with E-state index < -0.39 is 36.6 Å². The third-order valence-corrected chi connectivity index (χ3v) is 4.87. The van der Waals surface area contributed by atoms with Gasteiger partial charge in [-0.1, -0.05) is 0 Å². The smallest absolute Gasteiger partial charge is 0.262 e. The van der Waals surface area contributed by atoms with Crippen molar-refractivity contribution in [3.8, 4) is 0 Å². The SMILES string of the molecule is NS(=O)(=O)c1ccc(NS(=O)(=O)c2cc(F)cc(F)c2)cc1. The van der Waals surface area contributed by atoms with E-state index in [2.05, 4.69) is 4.72 Å². The second kappa shape index (κ2) is 5.63. The van der Waals surface area contributed by atoms with Crippen molar-refractivity contribution in [1.29, 1.82) is 0 Å². The summed E-state index contributed by atoms with van der Waals surface area (Å²) in [6.07, 6.45) is 0. The molecular formula is C12H10F2N2O4S2. The lowest BCUT2D eigenvalue weighted by molar-refractivity contribution is 0.568. The van der Waals surface area contributed by atoms with Crippen LogP contribution in [0.3, 0.4) is 0 Å². The summed E-state index contributed by atoms with van der Waals surface area (Å²) in [4.78, 5) is -0.798. The van der Waals surface area contributed by atoms with E-state index in [1.165, 1.54) is 0 Å². The number of nitrogens with two attached hydrogens (primary N) is 1. The van der Waals surface area contributed by atoms with E-state index in [1.807, 2.05) is 0 Å². The molecule has 10 heteroatoms. The van der Waals surface area contributed by atoms with Gasteiger partial charge in [0.1, 0.15) is 11.6 Å². The Bertz CT molecular complexity index is 890. The third-order valence-electron chi connectivity index (χ3n) is 2.58. The molecule has 0 radical (unpaired) electrons. The Morgan fingerprint density at radius 2 is 1.32 bits per heavy atom. The molecule has 0 aliphatic carbocycles. The van der Waals surface area contributed by atoms with Crippen LogP contribution in [0.25, 0.3) is 0 Å². The maximum Gasteiger partial charge on any atom is 0.262 e. The molecule has 2 aromatic carbocycles. The Balaban J connectivity index is 2.33. The highest BCUT2D eigenvalue weighted by Gasteiger charge is 2.17. The van der Waals surface area contributed by atoms with Gasteiger partial charge in [-0.3, -0.25) is 4.72 Å². The van der Waals surface area contributed by atoms with Crippen LogP contribution < -0.4 is 9.86 Å². The second-order valence-corrected chi connectivity index (χ2v) is 7.52. The van der Waals surface area contributed by atoms with Crippen LogP contribution in [0.5, 0.6) is 0 Å². The van der Waals surface area contributed by atoms with Crippen molar-refractivity contribution in [2.45, 2.75) is 9.79 Å². The number of benzene rings is 2. The zero-order valence-electron chi connectivity index (χ0n) is 10.8. The number of hydrogen-bond donors (Lipinski definition) is 2. The number of hydrogen-bond acceptors (Lipinski definition) is 4. The lowest BCUT2D eigenvalue weighted by atomic mass is 10.3. The fourth-order valence-corrected chi connectivity index (χ4v) is 3.23. The summed E-state index contributed by atoms with van der Waals surface area (Å²) in [5.41, 5.74) is 0.0112. The predicted molar refractivity (Wildman–Crippen MR) is 75.0 cm³/mol. The molecule has 0 atom stereocenters. The van der Waals surface area contributed by atoms with Gasteiger partial charge in [0.25, 0.3) is 10.0 Å². The average molecular weight is 348 g/mol. The first-order valence-corrected chi connectivity index (χ1v) is 8.73. The van der Waals surface area contributed by atoms with Crippen molar-refractivity contribution in [3.63, 3.8) is 0 Å². The van der Waals surface area contributed by atoms with Gasteiger partial charge in [-0.05, 0) is 36.4 Å². The third kappa shape index (κ3) is 3.78. The molecule has 3 N–H and O–H groups in total. The molecule has 0 fully saturated rings. The summed E-state index contributed by atoms with van der Waals surface area (Å²) in [6, 6.07) is 6.37. The van der Waals surface area contributed by atoms with Crippen molar-refractivity contribution < 1.29 is 25.6 Å². The molecule has 0 aromatic heterocycles. The largest absolute Gasteiger partial charge is 0.280 e. The lowest BCUT2D eigenvalue weighted by Gasteiger charge is -2.09. The standard InChI is InChI=1S/C12H10F2N2O4S2/c13-8-5-9(14)7-12(6-8)22(19,20)16-10-1-3-11(4-2-10)21(15,17)18/h1-7,16H,(H2,15,17,18). The molecule has 118 valence electrons. The minimum Gasteiger partial charge on any atom is -0.280 e. The molecule has 0 aliphatic heterocycles. The summed E-state index contributed by atoms with van der Waals surface area (Å²) >= 11 is 0. The molecule has 22 heavy (non-hydrogen) atoms. The minimum atomic E-state index is -4.22. The molecule has 2 rings (SSSR count). The molecule has 0 aliphatic rings. The van der Waals surface area contributed by atoms with E-state index in [0.717, 1.165) is 24.3 Å². The van der Waals surface area contributed by atoms with Crippen molar-refractivity contribution in [1.82, 2.24) is 0 Å². The van der Waals surface area contributed by atoms with Gasteiger partial charge in [-0.25, -0.2) is 30.8 Å². The van der Waals surface area contributed by atoms with Gasteiger partial charge in [0.15, 0.2) is 0 Å². The van der Waals surface area contributed by atoms with E-state index in [-0.39, 0.29) is 10.6 Å². The summed E-state index contributed by atoms with van der Waals surface area (Å²) < 4.78 is 74.4. The van der Waals surface area contributed by atoms with Crippen molar-refractivity contribution in [2.24, 2.45) is 5.14 Å². The highest BCUT2D eigenvalue weighted by Crippen LogP contribution is 2.19. The highest BCUT2D eigenvalue weighted by molar-refractivity contribution is 7.92. The zero-order valence-corrected chi connectivity index (χ0v) is 12.5. The van der Waals surface area contributed by atoms with E-state index >= 15 is 0 Å². The Hall–Kier alpha value is -2.04. The van der Waals surface area contributed by atoms with Crippen LogP contribution in [0.4, 0.5) is 14.5 Å². The molecule has 0 saturated carbocycles. The average Bonchev–Trinajstić information content (AvgIpc) is 2.36. The van der Waals surface area contributed by atoms with E-state index in [4.69, 9.17) is 5.14 Å². The Kier molecular flexibility index (Phi) is 4.18. The maximum absolute atomic E-state index is 13.1. The minimum absolute atomic E-state index is 0.0112. The van der Waals surface area contributed by atoms with Crippen molar-refractivity contribution in [2.75, 3.05) is 4.72 Å². The first kappa shape index (κ1) is 16.3. The first-order valence-electron chi connectivity index (χ1n) is 5.70. The summed E-state index contributed by atoms with van der Waals surface area (Å²) in [5, 5.41) is 4.91. The van der Waals surface area contributed by atoms with E-state index in [0.29, 0.717) is 18.2 Å². The van der Waals surface area contributed by atoms with Crippen molar-refractivity contribution >= 4 is 25.7 Å². The monoisotopic (exact) mass is 348 g/mol. The summed E-state index contributed by atoms with van der Waals surface area (Å²) in [5.74, 6) is -2.07. The van der Waals surface area contributed by atoms with Gasteiger partial charge in [0.05, 0.1) is 9.79 Å². The van der Waals surface area contributed by atoms with Crippen LogP contribution >= 0.6 is 0 Å². The quantitative estimate of drug-likeness (QED) is 0.871. The van der Waals surface area contributed by atoms with Gasteiger partial charge in [-0.15, -0.1) is 0 Å². The number of anilines is 1. The fourth-order valence-electron chi connectivity index (χ4n) is 1.61. The maximum atomic E-state index is 13.1. The molecule has 6 nitrogen and oxygen atoms in total. The molecule has 0 unspecified atom stereocenters. The number of primary sulfonamides is 1. The normalized spacial score (nSPS) is 12.1. The van der Waals surface area contributed by atoms with Gasteiger partial charge >= 0.3 is 0 Å². The van der Waals surface area contributed by atoms with Crippen LogP contribution in [0, 0.1) is 11.6 Å². The number of rotatable bonds is 4. The molecule has 0 saturated heterocycles. The van der Waals surface area contributed by atoms with Crippen molar-refractivity contribution in [3.05, 3.63) is 54.1 Å². The number of nitrogens with one attached hydrogen (secondary N) is 1. The first-order chi connectivity index (χ1) is 10.1. The Morgan fingerprint density at radius 3 is 1.77 bits per heavy atom. The number of sulfonamides is 2. The number of halogens is 2. The van der Waals surface area contributed by atoms with Gasteiger partial charge in [-0.2, -0.15) is 0 Å². The topological polar surface area (TPSA) is 106 Å². The molecule has 0 amide bonds. The molecule has 0 heterocycles. The Labute approximate surface area is 125 Å². The van der Waals surface area contributed by atoms with Crippen LogP contribution in [0.2, 0.25) is 0 Å². The van der Waals surface area contributed by atoms with Crippen LogP contribution in [0.15, 0.2) is 52.3 Å². The molecule has 0 spiro atoms. The summed E-state index contributed by atoms with van der Waals surface area (Å²) in [7, 11) is -8.12. The molecule has 0 bridgehead atoms. The van der Waals surface area contributed by atoms with Crippen LogP contribution in [-0.4, -0.2) is 16.8 Å². The van der Waals surface area contributed by atoms with Gasteiger partial charge < -0.3 is 0 Å². The van der Waals surface area contributed by atoms with Crippen LogP contribution in [0.1, 0.15) is 0 Å². The lowest BCUT2D eigenvalue weighted by Crippen LogP contribution is -2.14. The summed E-state index contributed by atoms with van der Waals surface area (Å²) in [6.45, 7) is 0. The van der Waals surface area contributed by atoms with Gasteiger partial charge in [0.2, 0.25) is 10.0 Å². The van der Waals surface area contributed by atoms with E-state index in [1.54, 1.807) is 0 Å². The fraction of sp³-hybridized carbons (Fsp3) is 0. The Morgan fingerprint density at radius 1 is 0.818 bits per heavy atom. The molecule has 2 aromatic rings. The van der Waals surface area contributed by atoms with Gasteiger partial charge in [0, 0.05) is 11.8 Å². The highest BCUT2D eigenvalue weighted by atomic mass is 32.2. The molecular weight excluding hydrogens is 338 g/mol. The van der Waals surface area contributed by atoms with Crippen LogP contribution in [-0.2, 0) is 20.0 Å². The van der Waals surface area contributed by atoms with E-state index in [9.17, 15) is 25.6 Å². The predicted octanol–water partition coefficient (Wildman–Crippen LogP) is 1.41.